The molecule has 0 aromatic heterocycles. The molecule has 3 heteroatoms. The molecule has 0 aliphatic carbocycles. The number of Topliss-reactive ketones (excluding diaryl/α,β-unsaturated/α-hetero) is 1. The lowest BCUT2D eigenvalue weighted by Gasteiger charge is -2.33. The van der Waals surface area contributed by atoms with Crippen LogP contribution < -0.4 is 0 Å². The molecule has 3 nitrogen and oxygen atoms in total. The molecule has 12 heavy (non-hydrogen) atoms. The summed E-state index contributed by atoms with van der Waals surface area (Å²) in [6.07, 6.45) is 2.94. The molecule has 0 amide bonds. The molecule has 1 fully saturated rings. The Balaban J connectivity index is 2.46. The van der Waals surface area contributed by atoms with E-state index in [2.05, 4.69) is 0 Å². The third-order valence-corrected chi connectivity index (χ3v) is 2.73. The largest absolute Gasteiger partial charge is 0.386 e. The molecular weight excluding hydrogens is 156 g/mol. The van der Waals surface area contributed by atoms with Crippen molar-refractivity contribution in [2.24, 2.45) is 0 Å². The van der Waals surface area contributed by atoms with Crippen LogP contribution in [0.1, 0.15) is 20.3 Å². The van der Waals surface area contributed by atoms with Crippen LogP contribution in [0, 0.1) is 0 Å². The van der Waals surface area contributed by atoms with Gasteiger partial charge in [-0.15, -0.1) is 0 Å². The van der Waals surface area contributed by atoms with E-state index in [9.17, 15) is 9.90 Å². The van der Waals surface area contributed by atoms with Crippen LogP contribution >= 0.6 is 0 Å². The maximum absolute atomic E-state index is 11.4. The van der Waals surface area contributed by atoms with E-state index in [1.54, 1.807) is 26.0 Å². The van der Waals surface area contributed by atoms with Gasteiger partial charge in [0.25, 0.3) is 0 Å². The zero-order valence-electron chi connectivity index (χ0n) is 7.20. The number of aliphatic hydroxyl groups excluding tert-OH is 1. The summed E-state index contributed by atoms with van der Waals surface area (Å²) >= 11 is 0. The smallest absolute Gasteiger partial charge is 0.171 e. The molecule has 1 saturated heterocycles. The van der Waals surface area contributed by atoms with Gasteiger partial charge in [-0.1, -0.05) is 6.08 Å². The molecule has 0 unspecified atom stereocenters. The van der Waals surface area contributed by atoms with Gasteiger partial charge in [0.05, 0.1) is 0 Å². The molecule has 0 aromatic carbocycles. The van der Waals surface area contributed by atoms with Gasteiger partial charge in [-0.3, -0.25) is 4.79 Å². The van der Waals surface area contributed by atoms with Gasteiger partial charge >= 0.3 is 0 Å². The second-order valence-corrected chi connectivity index (χ2v) is 3.93. The highest BCUT2D eigenvalue weighted by Gasteiger charge is 2.54. The van der Waals surface area contributed by atoms with Gasteiger partial charge in [-0.2, -0.15) is 0 Å². The summed E-state index contributed by atoms with van der Waals surface area (Å²) in [5, 5.41) is 9.52. The predicted molar refractivity (Wildman–Crippen MR) is 42.7 cm³/mol. The number of rotatable bonds is 0. The Labute approximate surface area is 71.0 Å². The fraction of sp³-hybridized carbons (Fsp3) is 0.667. The summed E-state index contributed by atoms with van der Waals surface area (Å²) in [6.45, 7) is 3.51. The molecule has 3 atom stereocenters. The number of aliphatic hydroxyl groups is 1. The van der Waals surface area contributed by atoms with Crippen LogP contribution in [0.2, 0.25) is 0 Å². The van der Waals surface area contributed by atoms with Gasteiger partial charge in [-0.05, 0) is 19.9 Å². The monoisotopic (exact) mass is 168 g/mol. The first-order valence-electron chi connectivity index (χ1n) is 4.07. The van der Waals surface area contributed by atoms with Crippen molar-refractivity contribution >= 4 is 5.78 Å². The Morgan fingerprint density at radius 1 is 1.67 bits per heavy atom. The third-order valence-electron chi connectivity index (χ3n) is 2.73. The van der Waals surface area contributed by atoms with Crippen LogP contribution in [0.5, 0.6) is 0 Å². The molecule has 2 bridgehead atoms. The molecule has 2 rings (SSSR count). The van der Waals surface area contributed by atoms with Crippen molar-refractivity contribution in [2.75, 3.05) is 0 Å². The molecule has 0 saturated carbocycles. The number of hydrogen-bond acceptors (Lipinski definition) is 3. The van der Waals surface area contributed by atoms with Gasteiger partial charge in [0, 0.05) is 6.42 Å². The van der Waals surface area contributed by atoms with Gasteiger partial charge in [0.1, 0.15) is 17.3 Å². The summed E-state index contributed by atoms with van der Waals surface area (Å²) in [7, 11) is 0. The lowest BCUT2D eigenvalue weighted by Crippen LogP contribution is -2.43. The Morgan fingerprint density at radius 3 is 2.92 bits per heavy atom. The maximum Gasteiger partial charge on any atom is 0.171 e. The molecule has 2 aliphatic rings. The number of ketones is 1. The van der Waals surface area contributed by atoms with E-state index in [0.717, 1.165) is 0 Å². The number of carbonyl (C=O) groups excluding carboxylic acids is 1. The minimum Gasteiger partial charge on any atom is -0.386 e. The highest BCUT2D eigenvalue weighted by molar-refractivity contribution is 5.92. The van der Waals surface area contributed by atoms with Crippen LogP contribution in [0.25, 0.3) is 0 Å². The van der Waals surface area contributed by atoms with E-state index in [-0.39, 0.29) is 5.78 Å². The van der Waals surface area contributed by atoms with Crippen LogP contribution in [-0.4, -0.2) is 28.2 Å². The average molecular weight is 168 g/mol. The van der Waals surface area contributed by atoms with E-state index >= 15 is 0 Å². The van der Waals surface area contributed by atoms with Gasteiger partial charge in [0.15, 0.2) is 5.78 Å². The number of ether oxygens (including phenoxy) is 1. The van der Waals surface area contributed by atoms with Crippen molar-refractivity contribution in [1.82, 2.24) is 0 Å². The summed E-state index contributed by atoms with van der Waals surface area (Å²) in [5.41, 5.74) is -1.48. The molecule has 2 aliphatic heterocycles. The van der Waals surface area contributed by atoms with Crippen LogP contribution in [0.15, 0.2) is 12.2 Å². The van der Waals surface area contributed by atoms with E-state index in [1.807, 2.05) is 0 Å². The van der Waals surface area contributed by atoms with Crippen LogP contribution in [-0.2, 0) is 9.53 Å². The third kappa shape index (κ3) is 0.807. The molecule has 1 N–H and O–H groups in total. The van der Waals surface area contributed by atoms with Crippen molar-refractivity contribution < 1.29 is 14.6 Å². The van der Waals surface area contributed by atoms with E-state index < -0.39 is 17.3 Å². The summed E-state index contributed by atoms with van der Waals surface area (Å²) in [5.74, 6) is 0.0535. The van der Waals surface area contributed by atoms with E-state index in [1.165, 1.54) is 0 Å². The Kier molecular flexibility index (Phi) is 1.31. The van der Waals surface area contributed by atoms with Gasteiger partial charge in [-0.25, -0.2) is 0 Å². The lowest BCUT2D eigenvalue weighted by atomic mass is 9.96. The molecule has 0 spiro atoms. The summed E-state index contributed by atoms with van der Waals surface area (Å²) in [4.78, 5) is 11.4. The van der Waals surface area contributed by atoms with Gasteiger partial charge in [0.2, 0.25) is 0 Å². The molecular formula is C9H12O3. The Morgan fingerprint density at radius 2 is 2.33 bits per heavy atom. The highest BCUT2D eigenvalue weighted by atomic mass is 16.5. The van der Waals surface area contributed by atoms with Crippen molar-refractivity contribution in [3.63, 3.8) is 0 Å². The molecule has 66 valence electrons. The number of carbonyl (C=O) groups is 1. The zero-order chi connectivity index (χ0) is 8.98. The first kappa shape index (κ1) is 7.95. The van der Waals surface area contributed by atoms with E-state index in [0.29, 0.717) is 6.42 Å². The summed E-state index contributed by atoms with van der Waals surface area (Å²) in [6, 6.07) is 0. The average Bonchev–Trinajstić information content (AvgIpc) is 2.15. The minimum atomic E-state index is -0.784. The second kappa shape index (κ2) is 1.98. The number of fused-ring (bicyclic) bond motifs is 2. The van der Waals surface area contributed by atoms with Crippen molar-refractivity contribution in [2.45, 2.75) is 37.6 Å². The maximum atomic E-state index is 11.4. The van der Waals surface area contributed by atoms with Crippen LogP contribution in [0.4, 0.5) is 0 Å². The Hall–Kier alpha value is -0.670. The standard InChI is InChI=1S/C9H12O3/c1-8-4-3-6(10)9(2,12-8)5-7(8)11/h3-4,6,10H,5H2,1-2H3/t6-,8-,9-/m0/s1. The SMILES string of the molecule is C[C@]12C=C[C@H](O)[C@](C)(CC1=O)O2. The van der Waals surface area contributed by atoms with Gasteiger partial charge < -0.3 is 9.84 Å². The van der Waals surface area contributed by atoms with Crippen molar-refractivity contribution in [3.8, 4) is 0 Å². The topological polar surface area (TPSA) is 46.5 Å². The lowest BCUT2D eigenvalue weighted by molar-refractivity contribution is -0.139. The van der Waals surface area contributed by atoms with E-state index in [4.69, 9.17) is 4.74 Å². The summed E-state index contributed by atoms with van der Waals surface area (Å²) < 4.78 is 5.51. The minimum absolute atomic E-state index is 0.0535. The Bertz CT molecular complexity index is 271. The highest BCUT2D eigenvalue weighted by Crippen LogP contribution is 2.41. The normalized spacial score (nSPS) is 51.6. The fourth-order valence-electron chi connectivity index (χ4n) is 1.84. The van der Waals surface area contributed by atoms with Crippen molar-refractivity contribution in [3.05, 3.63) is 12.2 Å². The molecule has 0 aromatic rings. The number of hydrogen-bond donors (Lipinski definition) is 1. The quantitative estimate of drug-likeness (QED) is 0.533. The zero-order valence-corrected chi connectivity index (χ0v) is 7.20. The van der Waals surface area contributed by atoms with Crippen LogP contribution in [0.3, 0.4) is 0 Å². The molecule has 2 heterocycles. The fourth-order valence-corrected chi connectivity index (χ4v) is 1.84. The van der Waals surface area contributed by atoms with Crippen molar-refractivity contribution in [1.29, 1.82) is 0 Å². The molecule has 0 radical (unpaired) electrons. The first-order chi connectivity index (χ1) is 5.46. The second-order valence-electron chi connectivity index (χ2n) is 3.93. The predicted octanol–water partition coefficient (Wildman–Crippen LogP) is 0.424. The first-order valence-corrected chi connectivity index (χ1v) is 4.07.